The van der Waals surface area contributed by atoms with E-state index in [2.05, 4.69) is 0 Å². The second kappa shape index (κ2) is 6.62. The highest BCUT2D eigenvalue weighted by Gasteiger charge is 2.05. The third-order valence-electron chi connectivity index (χ3n) is 2.67. The van der Waals surface area contributed by atoms with Crippen LogP contribution < -0.4 is 5.73 Å². The highest BCUT2D eigenvalue weighted by atomic mass is 35.5. The van der Waals surface area contributed by atoms with E-state index in [1.165, 1.54) is 12.1 Å². The van der Waals surface area contributed by atoms with Crippen LogP contribution in [-0.4, -0.2) is 0 Å². The highest BCUT2D eigenvalue weighted by Crippen LogP contribution is 2.30. The first kappa shape index (κ1) is 14.7. The van der Waals surface area contributed by atoms with E-state index < -0.39 is 0 Å². The summed E-state index contributed by atoms with van der Waals surface area (Å²) in [5.74, 6) is 0.393. The molecule has 0 saturated carbocycles. The van der Waals surface area contributed by atoms with Crippen molar-refractivity contribution in [2.24, 2.45) is 5.73 Å². The summed E-state index contributed by atoms with van der Waals surface area (Å²) < 4.78 is 13.2. The maximum absolute atomic E-state index is 13.2. The van der Waals surface area contributed by atoms with Crippen molar-refractivity contribution in [1.82, 2.24) is 0 Å². The Hall–Kier alpha value is -0.740. The fourth-order valence-corrected chi connectivity index (χ4v) is 2.97. The monoisotopic (exact) mass is 315 g/mol. The Bertz CT molecular complexity index is 590. The van der Waals surface area contributed by atoms with Gasteiger partial charge in [0, 0.05) is 17.2 Å². The van der Waals surface area contributed by atoms with Crippen LogP contribution >= 0.6 is 35.0 Å². The van der Waals surface area contributed by atoms with Gasteiger partial charge in [0.25, 0.3) is 0 Å². The van der Waals surface area contributed by atoms with Crippen LogP contribution in [0.5, 0.6) is 0 Å². The van der Waals surface area contributed by atoms with Crippen LogP contribution in [0.2, 0.25) is 10.0 Å². The minimum Gasteiger partial charge on any atom is -0.326 e. The summed E-state index contributed by atoms with van der Waals surface area (Å²) in [6.45, 7) is 0.400. The number of halogens is 3. The first-order chi connectivity index (χ1) is 9.10. The van der Waals surface area contributed by atoms with Crippen LogP contribution in [0, 0.1) is 5.82 Å². The smallest absolute Gasteiger partial charge is 0.123 e. The van der Waals surface area contributed by atoms with E-state index >= 15 is 0 Å². The fraction of sp³-hybridized carbons (Fsp3) is 0.143. The largest absolute Gasteiger partial charge is 0.326 e. The third-order valence-corrected chi connectivity index (χ3v) is 4.46. The molecule has 2 aromatic rings. The van der Waals surface area contributed by atoms with Crippen molar-refractivity contribution in [3.8, 4) is 0 Å². The standard InChI is InChI=1S/C14H12Cl2FNS/c15-13-4-3-12(6-14(13)16)19-8-10-5-11(17)2-1-9(10)7-18/h1-6H,7-8,18H2. The lowest BCUT2D eigenvalue weighted by atomic mass is 10.1. The van der Waals surface area contributed by atoms with Gasteiger partial charge in [-0.1, -0.05) is 29.3 Å². The van der Waals surface area contributed by atoms with E-state index in [4.69, 9.17) is 28.9 Å². The second-order valence-electron chi connectivity index (χ2n) is 3.98. The van der Waals surface area contributed by atoms with Gasteiger partial charge in [0.15, 0.2) is 0 Å². The summed E-state index contributed by atoms with van der Waals surface area (Å²) in [7, 11) is 0. The summed E-state index contributed by atoms with van der Waals surface area (Å²) in [6.07, 6.45) is 0. The number of hydrogen-bond donors (Lipinski definition) is 1. The number of benzene rings is 2. The van der Waals surface area contributed by atoms with Gasteiger partial charge in [-0.2, -0.15) is 0 Å². The molecular formula is C14H12Cl2FNS. The highest BCUT2D eigenvalue weighted by molar-refractivity contribution is 7.98. The molecule has 2 aromatic carbocycles. The first-order valence-electron chi connectivity index (χ1n) is 5.65. The van der Waals surface area contributed by atoms with E-state index in [9.17, 15) is 4.39 Å². The molecule has 2 rings (SSSR count). The summed E-state index contributed by atoms with van der Waals surface area (Å²) in [5, 5.41) is 1.05. The average Bonchev–Trinajstić information content (AvgIpc) is 2.40. The molecule has 0 aromatic heterocycles. The summed E-state index contributed by atoms with van der Waals surface area (Å²) in [6, 6.07) is 10.1. The van der Waals surface area contributed by atoms with Crippen molar-refractivity contribution < 1.29 is 4.39 Å². The van der Waals surface area contributed by atoms with Crippen LogP contribution in [0.4, 0.5) is 4.39 Å². The molecule has 0 aliphatic heterocycles. The molecule has 5 heteroatoms. The first-order valence-corrected chi connectivity index (χ1v) is 7.39. The van der Waals surface area contributed by atoms with Gasteiger partial charge in [0.2, 0.25) is 0 Å². The van der Waals surface area contributed by atoms with Gasteiger partial charge in [-0.3, -0.25) is 0 Å². The molecule has 2 N–H and O–H groups in total. The molecule has 19 heavy (non-hydrogen) atoms. The maximum Gasteiger partial charge on any atom is 0.123 e. The Labute approximate surface area is 125 Å². The molecule has 1 nitrogen and oxygen atoms in total. The van der Waals surface area contributed by atoms with Crippen LogP contribution in [0.25, 0.3) is 0 Å². The van der Waals surface area contributed by atoms with Crippen molar-refractivity contribution in [1.29, 1.82) is 0 Å². The Kier molecular flexibility index (Phi) is 5.11. The Balaban J connectivity index is 2.13. The number of thioether (sulfide) groups is 1. The quantitative estimate of drug-likeness (QED) is 0.813. The number of rotatable bonds is 4. The molecule has 0 heterocycles. The summed E-state index contributed by atoms with van der Waals surface area (Å²) >= 11 is 13.4. The molecule has 0 fully saturated rings. The van der Waals surface area contributed by atoms with Gasteiger partial charge in [0.05, 0.1) is 10.0 Å². The van der Waals surface area contributed by atoms with E-state index in [0.29, 0.717) is 22.3 Å². The molecule has 0 unspecified atom stereocenters. The summed E-state index contributed by atoms with van der Waals surface area (Å²) in [5.41, 5.74) is 7.50. The molecular weight excluding hydrogens is 304 g/mol. The Morgan fingerprint density at radius 3 is 2.47 bits per heavy atom. The van der Waals surface area contributed by atoms with Crippen molar-refractivity contribution in [2.75, 3.05) is 0 Å². The van der Waals surface area contributed by atoms with Crippen LogP contribution in [0.15, 0.2) is 41.3 Å². The predicted molar refractivity (Wildman–Crippen MR) is 80.3 cm³/mol. The minimum atomic E-state index is -0.248. The third kappa shape index (κ3) is 3.86. The van der Waals surface area contributed by atoms with Gasteiger partial charge < -0.3 is 5.73 Å². The van der Waals surface area contributed by atoms with Gasteiger partial charge in [-0.05, 0) is 41.5 Å². The number of nitrogens with two attached hydrogens (primary N) is 1. The topological polar surface area (TPSA) is 26.0 Å². The predicted octanol–water partition coefficient (Wildman–Crippen LogP) is 4.88. The molecule has 0 bridgehead atoms. The molecule has 0 spiro atoms. The maximum atomic E-state index is 13.2. The zero-order valence-electron chi connectivity index (χ0n) is 10.00. The molecule has 0 aliphatic carbocycles. The normalized spacial score (nSPS) is 10.7. The SMILES string of the molecule is NCc1ccc(F)cc1CSc1ccc(Cl)c(Cl)c1. The van der Waals surface area contributed by atoms with Crippen LogP contribution in [-0.2, 0) is 12.3 Å². The van der Waals surface area contributed by atoms with Crippen molar-refractivity contribution in [2.45, 2.75) is 17.2 Å². The molecule has 0 atom stereocenters. The van der Waals surface area contributed by atoms with Crippen LogP contribution in [0.3, 0.4) is 0 Å². The molecule has 100 valence electrons. The average molecular weight is 316 g/mol. The van der Waals surface area contributed by atoms with E-state index in [1.807, 2.05) is 6.07 Å². The van der Waals surface area contributed by atoms with E-state index in [1.54, 1.807) is 30.0 Å². The Morgan fingerprint density at radius 2 is 1.79 bits per heavy atom. The van der Waals surface area contributed by atoms with Gasteiger partial charge in [0.1, 0.15) is 5.82 Å². The molecule has 0 saturated heterocycles. The lowest BCUT2D eigenvalue weighted by molar-refractivity contribution is 0.625. The second-order valence-corrected chi connectivity index (χ2v) is 5.84. The van der Waals surface area contributed by atoms with Crippen molar-refractivity contribution in [3.05, 3.63) is 63.4 Å². The van der Waals surface area contributed by atoms with Gasteiger partial charge in [-0.25, -0.2) is 4.39 Å². The number of hydrogen-bond acceptors (Lipinski definition) is 2. The fourth-order valence-electron chi connectivity index (χ4n) is 1.66. The molecule has 0 aliphatic rings. The van der Waals surface area contributed by atoms with Crippen molar-refractivity contribution in [3.63, 3.8) is 0 Å². The zero-order valence-corrected chi connectivity index (χ0v) is 12.3. The lowest BCUT2D eigenvalue weighted by Crippen LogP contribution is -2.01. The van der Waals surface area contributed by atoms with Crippen molar-refractivity contribution >= 4 is 35.0 Å². The summed E-state index contributed by atoms with van der Waals surface area (Å²) in [4.78, 5) is 0.988. The van der Waals surface area contributed by atoms with Gasteiger partial charge in [-0.15, -0.1) is 11.8 Å². The lowest BCUT2D eigenvalue weighted by Gasteiger charge is -2.08. The van der Waals surface area contributed by atoms with E-state index in [0.717, 1.165) is 16.0 Å². The van der Waals surface area contributed by atoms with Gasteiger partial charge >= 0.3 is 0 Å². The zero-order chi connectivity index (χ0) is 13.8. The van der Waals surface area contributed by atoms with Crippen LogP contribution in [0.1, 0.15) is 11.1 Å². The molecule has 0 radical (unpaired) electrons. The van der Waals surface area contributed by atoms with E-state index in [-0.39, 0.29) is 5.82 Å². The Morgan fingerprint density at radius 1 is 1.00 bits per heavy atom. The molecule has 0 amide bonds. The minimum absolute atomic E-state index is 0.248.